The van der Waals surface area contributed by atoms with E-state index in [4.69, 9.17) is 4.74 Å². The number of benzene rings is 1. The second-order valence-corrected chi connectivity index (χ2v) is 9.30. The second-order valence-electron chi connectivity index (χ2n) is 9.30. The molecule has 2 fully saturated rings. The summed E-state index contributed by atoms with van der Waals surface area (Å²) in [6, 6.07) is 7.25. The molecule has 2 saturated heterocycles. The smallest absolute Gasteiger partial charge is 0.244 e. The highest BCUT2D eigenvalue weighted by molar-refractivity contribution is 5.91. The summed E-state index contributed by atoms with van der Waals surface area (Å²) < 4.78 is 5.72. The summed E-state index contributed by atoms with van der Waals surface area (Å²) in [5, 5.41) is 8.74. The Morgan fingerprint density at radius 3 is 2.73 bits per heavy atom. The standard InChI is InChI=1S/C24H35N5O4/c1-15-8-9-17-13-29(22(30)12-26-23(31)16(2)25-3)20(14-28(15)17)24(32)27-19-10-11-33-21-7-5-4-6-18(19)21/h4-7,15-17,19-20,25H,8-14H2,1-3H3,(H,26,31)(H,27,32)/t15?,16-,17+,19+,20-/m0/s1. The lowest BCUT2D eigenvalue weighted by molar-refractivity contribution is -0.146. The zero-order chi connectivity index (χ0) is 23.5. The number of fused-ring (bicyclic) bond motifs is 2. The molecule has 180 valence electrons. The lowest BCUT2D eigenvalue weighted by atomic mass is 9.99. The largest absolute Gasteiger partial charge is 0.493 e. The summed E-state index contributed by atoms with van der Waals surface area (Å²) in [6.07, 6.45) is 2.75. The van der Waals surface area contributed by atoms with Crippen LogP contribution in [0.5, 0.6) is 5.75 Å². The van der Waals surface area contributed by atoms with Gasteiger partial charge in [-0.25, -0.2) is 0 Å². The van der Waals surface area contributed by atoms with Crippen LogP contribution < -0.4 is 20.7 Å². The number of nitrogens with zero attached hydrogens (tertiary/aromatic N) is 2. The number of para-hydroxylation sites is 1. The molecule has 1 aromatic rings. The Balaban J connectivity index is 1.48. The number of ether oxygens (including phenoxy) is 1. The molecule has 1 unspecified atom stereocenters. The Bertz CT molecular complexity index is 893. The molecule has 4 rings (SSSR count). The van der Waals surface area contributed by atoms with E-state index in [2.05, 4.69) is 27.8 Å². The fraction of sp³-hybridized carbons (Fsp3) is 0.625. The van der Waals surface area contributed by atoms with Crippen LogP contribution in [0, 0.1) is 0 Å². The Hall–Kier alpha value is -2.65. The minimum atomic E-state index is -0.595. The number of nitrogens with one attached hydrogen (secondary N) is 3. The normalized spacial score (nSPS) is 27.7. The summed E-state index contributed by atoms with van der Waals surface area (Å²) in [5.41, 5.74) is 0.964. The minimum Gasteiger partial charge on any atom is -0.493 e. The van der Waals surface area contributed by atoms with Crippen LogP contribution in [-0.4, -0.2) is 85.0 Å². The van der Waals surface area contributed by atoms with Crippen molar-refractivity contribution in [2.45, 2.75) is 63.3 Å². The number of hydrogen-bond donors (Lipinski definition) is 3. The summed E-state index contributed by atoms with van der Waals surface area (Å²) in [5.74, 6) is 0.176. The molecule has 9 nitrogen and oxygen atoms in total. The number of carbonyl (C=O) groups excluding carboxylic acids is 3. The highest BCUT2D eigenvalue weighted by Crippen LogP contribution is 2.33. The molecule has 3 heterocycles. The van der Waals surface area contributed by atoms with E-state index >= 15 is 0 Å². The van der Waals surface area contributed by atoms with Crippen LogP contribution >= 0.6 is 0 Å². The topological polar surface area (TPSA) is 103 Å². The number of rotatable bonds is 6. The van der Waals surface area contributed by atoms with Gasteiger partial charge in [0.15, 0.2) is 0 Å². The van der Waals surface area contributed by atoms with Gasteiger partial charge in [0.25, 0.3) is 0 Å². The van der Waals surface area contributed by atoms with Crippen molar-refractivity contribution in [3.63, 3.8) is 0 Å². The number of likely N-dealkylation sites (N-methyl/N-ethyl adjacent to an activating group) is 1. The van der Waals surface area contributed by atoms with Gasteiger partial charge in [0, 0.05) is 37.2 Å². The van der Waals surface area contributed by atoms with Crippen LogP contribution in [0.1, 0.15) is 44.7 Å². The molecule has 3 amide bonds. The first kappa shape index (κ1) is 23.5. The van der Waals surface area contributed by atoms with Gasteiger partial charge >= 0.3 is 0 Å². The first-order chi connectivity index (χ1) is 15.9. The van der Waals surface area contributed by atoms with Crippen molar-refractivity contribution >= 4 is 17.7 Å². The Morgan fingerprint density at radius 2 is 1.94 bits per heavy atom. The Labute approximate surface area is 195 Å². The first-order valence-electron chi connectivity index (χ1n) is 11.9. The fourth-order valence-electron chi connectivity index (χ4n) is 5.11. The fourth-order valence-corrected chi connectivity index (χ4v) is 5.11. The summed E-state index contributed by atoms with van der Waals surface area (Å²) in [6.45, 7) is 5.35. The van der Waals surface area contributed by atoms with Gasteiger partial charge in [0.05, 0.1) is 25.2 Å². The highest BCUT2D eigenvalue weighted by atomic mass is 16.5. The molecule has 0 spiro atoms. The number of amides is 3. The molecule has 1 aromatic carbocycles. The summed E-state index contributed by atoms with van der Waals surface area (Å²) >= 11 is 0. The molecule has 0 aromatic heterocycles. The summed E-state index contributed by atoms with van der Waals surface area (Å²) in [4.78, 5) is 42.8. The van der Waals surface area contributed by atoms with Crippen molar-refractivity contribution in [3.05, 3.63) is 29.8 Å². The average Bonchev–Trinajstić information content (AvgIpc) is 3.20. The minimum absolute atomic E-state index is 0.114. The van der Waals surface area contributed by atoms with Gasteiger partial charge in [-0.3, -0.25) is 19.3 Å². The van der Waals surface area contributed by atoms with E-state index in [1.807, 2.05) is 24.3 Å². The van der Waals surface area contributed by atoms with Gasteiger partial charge in [-0.2, -0.15) is 0 Å². The van der Waals surface area contributed by atoms with Crippen molar-refractivity contribution in [2.24, 2.45) is 0 Å². The van der Waals surface area contributed by atoms with E-state index in [-0.39, 0.29) is 36.3 Å². The van der Waals surface area contributed by atoms with Crippen LogP contribution in [-0.2, 0) is 14.4 Å². The van der Waals surface area contributed by atoms with Crippen LogP contribution in [0.15, 0.2) is 24.3 Å². The van der Waals surface area contributed by atoms with Gasteiger partial charge in [0.1, 0.15) is 11.8 Å². The molecule has 33 heavy (non-hydrogen) atoms. The lowest BCUT2D eigenvalue weighted by Gasteiger charge is -2.44. The molecule has 0 aliphatic carbocycles. The molecule has 0 saturated carbocycles. The maximum Gasteiger partial charge on any atom is 0.244 e. The first-order valence-corrected chi connectivity index (χ1v) is 11.9. The zero-order valence-electron chi connectivity index (χ0n) is 19.7. The highest BCUT2D eigenvalue weighted by Gasteiger charge is 2.44. The predicted molar refractivity (Wildman–Crippen MR) is 124 cm³/mol. The van der Waals surface area contributed by atoms with E-state index in [1.165, 1.54) is 0 Å². The van der Waals surface area contributed by atoms with Crippen molar-refractivity contribution < 1.29 is 19.1 Å². The van der Waals surface area contributed by atoms with Crippen LogP contribution in [0.4, 0.5) is 0 Å². The maximum absolute atomic E-state index is 13.5. The number of carbonyl (C=O) groups is 3. The van der Waals surface area contributed by atoms with Gasteiger partial charge in [-0.1, -0.05) is 18.2 Å². The third-order valence-electron chi connectivity index (χ3n) is 7.26. The second kappa shape index (κ2) is 10.1. The molecule has 3 N–H and O–H groups in total. The third-order valence-corrected chi connectivity index (χ3v) is 7.26. The molecular formula is C24H35N5O4. The van der Waals surface area contributed by atoms with Gasteiger partial charge in [-0.05, 0) is 39.8 Å². The molecule has 5 atom stereocenters. The predicted octanol–water partition coefficient (Wildman–Crippen LogP) is 0.414. The van der Waals surface area contributed by atoms with Crippen molar-refractivity contribution in [2.75, 3.05) is 33.3 Å². The molecule has 9 heteroatoms. The van der Waals surface area contributed by atoms with E-state index in [0.29, 0.717) is 32.2 Å². The molecule has 3 aliphatic heterocycles. The van der Waals surface area contributed by atoms with Gasteiger partial charge in [0.2, 0.25) is 17.7 Å². The molecular weight excluding hydrogens is 422 g/mol. The molecule has 3 aliphatic rings. The Kier molecular flexibility index (Phi) is 7.19. The van der Waals surface area contributed by atoms with E-state index in [0.717, 1.165) is 24.2 Å². The maximum atomic E-state index is 13.5. The van der Waals surface area contributed by atoms with Gasteiger partial charge < -0.3 is 25.6 Å². The number of piperazine rings is 1. The quantitative estimate of drug-likeness (QED) is 0.572. The van der Waals surface area contributed by atoms with Crippen LogP contribution in [0.25, 0.3) is 0 Å². The van der Waals surface area contributed by atoms with Gasteiger partial charge in [-0.15, -0.1) is 0 Å². The monoisotopic (exact) mass is 457 g/mol. The van der Waals surface area contributed by atoms with Crippen LogP contribution in [0.3, 0.4) is 0 Å². The average molecular weight is 458 g/mol. The summed E-state index contributed by atoms with van der Waals surface area (Å²) in [7, 11) is 1.70. The van der Waals surface area contributed by atoms with Crippen molar-refractivity contribution in [1.82, 2.24) is 25.8 Å². The van der Waals surface area contributed by atoms with E-state index in [1.54, 1.807) is 18.9 Å². The van der Waals surface area contributed by atoms with Crippen molar-refractivity contribution in [1.29, 1.82) is 0 Å². The van der Waals surface area contributed by atoms with E-state index < -0.39 is 12.1 Å². The lowest BCUT2D eigenvalue weighted by Crippen LogP contribution is -2.64. The Morgan fingerprint density at radius 1 is 1.15 bits per heavy atom. The molecule has 0 radical (unpaired) electrons. The molecule has 0 bridgehead atoms. The zero-order valence-corrected chi connectivity index (χ0v) is 19.7. The SMILES string of the molecule is CN[C@@H](C)C(=O)NCC(=O)N1C[C@H]2CCC(C)N2C[C@H]1C(=O)N[C@@H]1CCOc2ccccc21. The number of hydrogen-bond acceptors (Lipinski definition) is 6. The van der Waals surface area contributed by atoms with Crippen molar-refractivity contribution in [3.8, 4) is 5.75 Å². The van der Waals surface area contributed by atoms with E-state index in [9.17, 15) is 14.4 Å². The van der Waals surface area contributed by atoms with Crippen LogP contribution in [0.2, 0.25) is 0 Å². The third kappa shape index (κ3) is 4.99.